The maximum Gasteiger partial charge on any atom is -0.0120 e. The first-order valence-corrected chi connectivity index (χ1v) is 12.5. The maximum absolute atomic E-state index is 2.39. The van der Waals surface area contributed by atoms with Crippen molar-refractivity contribution in [3.63, 3.8) is 0 Å². The molecule has 0 atom stereocenters. The van der Waals surface area contributed by atoms with Gasteiger partial charge >= 0.3 is 0 Å². The monoisotopic (exact) mass is 392 g/mol. The van der Waals surface area contributed by atoms with E-state index < -0.39 is 0 Å². The lowest BCUT2D eigenvalue weighted by atomic mass is 9.88. The molecule has 0 bridgehead atoms. The van der Waals surface area contributed by atoms with Crippen molar-refractivity contribution in [1.82, 2.24) is 0 Å². The van der Waals surface area contributed by atoms with Crippen LogP contribution in [0.25, 0.3) is 11.1 Å². The van der Waals surface area contributed by atoms with E-state index in [1.54, 1.807) is 16.7 Å². The third kappa shape index (κ3) is 8.37. The van der Waals surface area contributed by atoms with Gasteiger partial charge in [-0.1, -0.05) is 115 Å². The van der Waals surface area contributed by atoms with Crippen LogP contribution in [0, 0.1) is 0 Å². The first kappa shape index (κ1) is 23.7. The van der Waals surface area contributed by atoms with Crippen LogP contribution in [-0.2, 0) is 19.3 Å². The average molecular weight is 393 g/mol. The minimum Gasteiger partial charge on any atom is -0.0654 e. The third-order valence-electron chi connectivity index (χ3n) is 6.15. The summed E-state index contributed by atoms with van der Waals surface area (Å²) >= 11 is 0. The topological polar surface area (TPSA) is 0 Å². The Hall–Kier alpha value is -1.56. The third-order valence-corrected chi connectivity index (χ3v) is 6.15. The first-order valence-electron chi connectivity index (χ1n) is 12.5. The minimum atomic E-state index is 1.22. The molecule has 0 amide bonds. The van der Waals surface area contributed by atoms with Gasteiger partial charge < -0.3 is 0 Å². The smallest absolute Gasteiger partial charge is 0.0120 e. The molecule has 0 unspecified atom stereocenters. The Kier molecular flexibility index (Phi) is 11.8. The number of aryl methyl sites for hydroxylation is 3. The van der Waals surface area contributed by atoms with Crippen LogP contribution in [0.2, 0.25) is 0 Å². The van der Waals surface area contributed by atoms with Crippen LogP contribution in [0.1, 0.15) is 108 Å². The van der Waals surface area contributed by atoms with Gasteiger partial charge in [-0.3, -0.25) is 0 Å². The summed E-state index contributed by atoms with van der Waals surface area (Å²) in [5.41, 5.74) is 7.59. The van der Waals surface area contributed by atoms with E-state index in [0.717, 1.165) is 0 Å². The summed E-state index contributed by atoms with van der Waals surface area (Å²) in [7, 11) is 0. The Morgan fingerprint density at radius 3 is 1.48 bits per heavy atom. The summed E-state index contributed by atoms with van der Waals surface area (Å²) in [6.45, 7) is 6.87. The van der Waals surface area contributed by atoms with Gasteiger partial charge in [-0.15, -0.1) is 0 Å². The SMILES string of the molecule is CCCCCCc1cccc(CCCCCC)c1-c1ccc(CCCCC)cc1. The lowest BCUT2D eigenvalue weighted by Crippen LogP contribution is -1.98. The van der Waals surface area contributed by atoms with Gasteiger partial charge in [0, 0.05) is 0 Å². The van der Waals surface area contributed by atoms with Crippen LogP contribution >= 0.6 is 0 Å². The van der Waals surface area contributed by atoms with Crippen molar-refractivity contribution < 1.29 is 0 Å². The molecule has 2 aromatic carbocycles. The van der Waals surface area contributed by atoms with E-state index >= 15 is 0 Å². The van der Waals surface area contributed by atoms with E-state index in [0.29, 0.717) is 0 Å². The quantitative estimate of drug-likeness (QED) is 0.265. The average Bonchev–Trinajstić information content (AvgIpc) is 2.75. The van der Waals surface area contributed by atoms with Crippen molar-refractivity contribution in [3.05, 3.63) is 59.2 Å². The largest absolute Gasteiger partial charge is 0.0654 e. The van der Waals surface area contributed by atoms with Crippen molar-refractivity contribution in [2.24, 2.45) is 0 Å². The van der Waals surface area contributed by atoms with Gasteiger partial charge in [-0.25, -0.2) is 0 Å². The van der Waals surface area contributed by atoms with E-state index in [9.17, 15) is 0 Å². The Morgan fingerprint density at radius 1 is 0.483 bits per heavy atom. The number of rotatable bonds is 15. The Balaban J connectivity index is 2.19. The summed E-state index contributed by atoms with van der Waals surface area (Å²) in [6, 6.07) is 16.6. The zero-order valence-electron chi connectivity index (χ0n) is 19.4. The zero-order chi connectivity index (χ0) is 20.7. The molecule has 0 aliphatic heterocycles. The highest BCUT2D eigenvalue weighted by Crippen LogP contribution is 2.31. The maximum atomic E-state index is 2.39. The molecule has 0 saturated heterocycles. The summed E-state index contributed by atoms with van der Waals surface area (Å²) in [5, 5.41) is 0. The van der Waals surface area contributed by atoms with E-state index in [1.807, 2.05) is 0 Å². The molecule has 160 valence electrons. The molecule has 0 fully saturated rings. The Morgan fingerprint density at radius 2 is 0.966 bits per heavy atom. The number of hydrogen-bond acceptors (Lipinski definition) is 0. The second-order valence-electron chi connectivity index (χ2n) is 8.73. The fourth-order valence-electron chi connectivity index (χ4n) is 4.34. The predicted molar refractivity (Wildman–Crippen MR) is 131 cm³/mol. The van der Waals surface area contributed by atoms with Crippen LogP contribution in [0.3, 0.4) is 0 Å². The Bertz CT molecular complexity index is 635. The lowest BCUT2D eigenvalue weighted by Gasteiger charge is -2.16. The number of benzene rings is 2. The standard InChI is InChI=1S/C29H44/c1-4-7-10-13-17-26-19-15-20-27(18-14-11-8-5-2)29(26)28-23-21-25(22-24-28)16-12-9-6-3/h15,19-24H,4-14,16-18H2,1-3H3. The summed E-state index contributed by atoms with van der Waals surface area (Å²) < 4.78 is 0. The molecule has 0 saturated carbocycles. The summed E-state index contributed by atoms with van der Waals surface area (Å²) in [4.78, 5) is 0. The van der Waals surface area contributed by atoms with Crippen LogP contribution in [-0.4, -0.2) is 0 Å². The Labute approximate surface area is 181 Å². The zero-order valence-corrected chi connectivity index (χ0v) is 19.4. The highest BCUT2D eigenvalue weighted by atomic mass is 14.2. The molecule has 0 aliphatic rings. The van der Waals surface area contributed by atoms with Gasteiger partial charge in [0.25, 0.3) is 0 Å². The fraction of sp³-hybridized carbons (Fsp3) is 0.586. The van der Waals surface area contributed by atoms with E-state index in [2.05, 4.69) is 63.2 Å². The minimum absolute atomic E-state index is 1.22. The molecule has 0 nitrogen and oxygen atoms in total. The molecular weight excluding hydrogens is 348 g/mol. The lowest BCUT2D eigenvalue weighted by molar-refractivity contribution is 0.662. The van der Waals surface area contributed by atoms with Crippen molar-refractivity contribution >= 4 is 0 Å². The van der Waals surface area contributed by atoms with Gasteiger partial charge in [0.2, 0.25) is 0 Å². The molecule has 0 heterocycles. The molecule has 29 heavy (non-hydrogen) atoms. The summed E-state index contributed by atoms with van der Waals surface area (Å²) in [5.74, 6) is 0. The second-order valence-corrected chi connectivity index (χ2v) is 8.73. The van der Waals surface area contributed by atoms with Gasteiger partial charge in [0.05, 0.1) is 0 Å². The summed E-state index contributed by atoms with van der Waals surface area (Å²) in [6.07, 6.45) is 18.3. The van der Waals surface area contributed by atoms with Crippen molar-refractivity contribution in [3.8, 4) is 11.1 Å². The molecular formula is C29H44. The van der Waals surface area contributed by atoms with Crippen LogP contribution in [0.5, 0.6) is 0 Å². The second kappa shape index (κ2) is 14.4. The van der Waals surface area contributed by atoms with E-state index in [1.165, 1.54) is 101 Å². The number of unbranched alkanes of at least 4 members (excludes halogenated alkanes) is 8. The van der Waals surface area contributed by atoms with E-state index in [-0.39, 0.29) is 0 Å². The fourth-order valence-corrected chi connectivity index (χ4v) is 4.34. The van der Waals surface area contributed by atoms with Gasteiger partial charge in [0.15, 0.2) is 0 Å². The van der Waals surface area contributed by atoms with Gasteiger partial charge in [0.1, 0.15) is 0 Å². The molecule has 2 rings (SSSR count). The molecule has 0 spiro atoms. The van der Waals surface area contributed by atoms with Gasteiger partial charge in [-0.2, -0.15) is 0 Å². The van der Waals surface area contributed by atoms with E-state index in [4.69, 9.17) is 0 Å². The molecule has 2 aromatic rings. The van der Waals surface area contributed by atoms with Crippen LogP contribution < -0.4 is 0 Å². The van der Waals surface area contributed by atoms with Crippen molar-refractivity contribution in [2.45, 2.75) is 111 Å². The highest BCUT2D eigenvalue weighted by molar-refractivity contribution is 5.71. The molecule has 0 radical (unpaired) electrons. The predicted octanol–water partition coefficient (Wildman–Crippen LogP) is 9.33. The van der Waals surface area contributed by atoms with Crippen LogP contribution in [0.4, 0.5) is 0 Å². The molecule has 0 N–H and O–H groups in total. The molecule has 0 heteroatoms. The highest BCUT2D eigenvalue weighted by Gasteiger charge is 2.11. The van der Waals surface area contributed by atoms with Gasteiger partial charge in [-0.05, 0) is 66.3 Å². The number of hydrogen-bond donors (Lipinski definition) is 0. The van der Waals surface area contributed by atoms with Crippen molar-refractivity contribution in [1.29, 1.82) is 0 Å². The molecule has 0 aromatic heterocycles. The van der Waals surface area contributed by atoms with Crippen LogP contribution in [0.15, 0.2) is 42.5 Å². The van der Waals surface area contributed by atoms with Crippen molar-refractivity contribution in [2.75, 3.05) is 0 Å². The first-order chi connectivity index (χ1) is 14.3. The molecule has 0 aliphatic carbocycles. The normalized spacial score (nSPS) is 11.1.